The molecule has 0 N–H and O–H groups in total. The summed E-state index contributed by atoms with van der Waals surface area (Å²) in [4.78, 5) is 26.3. The van der Waals surface area contributed by atoms with E-state index in [1.54, 1.807) is 7.11 Å². The third kappa shape index (κ3) is 4.67. The highest BCUT2D eigenvalue weighted by molar-refractivity contribution is 5.78. The number of rotatable bonds is 5. The molecule has 1 saturated heterocycles. The van der Waals surface area contributed by atoms with E-state index in [2.05, 4.69) is 16.9 Å². The predicted molar refractivity (Wildman–Crippen MR) is 109 cm³/mol. The smallest absolute Gasteiger partial charge is 0.260 e. The highest BCUT2D eigenvalue weighted by Crippen LogP contribution is 2.26. The first kappa shape index (κ1) is 19.6. The molecule has 1 atom stereocenters. The number of likely N-dealkylation sites (N-methyl/N-ethyl adjacent to an activating group) is 1. The molecular weight excluding hydrogens is 368 g/mol. The summed E-state index contributed by atoms with van der Waals surface area (Å²) in [6.45, 7) is 3.39. The summed E-state index contributed by atoms with van der Waals surface area (Å²) >= 11 is 0. The molecule has 2 aliphatic heterocycles. The maximum Gasteiger partial charge on any atom is 0.260 e. The van der Waals surface area contributed by atoms with Gasteiger partial charge in [-0.3, -0.25) is 4.79 Å². The van der Waals surface area contributed by atoms with Gasteiger partial charge in [0, 0.05) is 56.0 Å². The highest BCUT2D eigenvalue weighted by atomic mass is 16.5. The molecule has 4 rings (SSSR count). The first-order valence-electron chi connectivity index (χ1n) is 10.2. The third-order valence-electron chi connectivity index (χ3n) is 5.70. The minimum atomic E-state index is 0.00472. The van der Waals surface area contributed by atoms with Crippen LogP contribution in [0.15, 0.2) is 30.5 Å². The molecule has 1 amide bonds. The molecule has 1 unspecified atom stereocenters. The van der Waals surface area contributed by atoms with Crippen LogP contribution in [-0.2, 0) is 17.8 Å². The van der Waals surface area contributed by atoms with E-state index >= 15 is 0 Å². The monoisotopic (exact) mass is 396 g/mol. The molecule has 0 spiro atoms. The second kappa shape index (κ2) is 8.78. The van der Waals surface area contributed by atoms with Crippen LogP contribution < -0.4 is 9.47 Å². The Bertz CT molecular complexity index is 856. The Kier molecular flexibility index (Phi) is 5.94. The summed E-state index contributed by atoms with van der Waals surface area (Å²) in [5.41, 5.74) is 2.39. The molecule has 0 bridgehead atoms. The van der Waals surface area contributed by atoms with Crippen molar-refractivity contribution < 1.29 is 14.3 Å². The fourth-order valence-electron chi connectivity index (χ4n) is 3.99. The lowest BCUT2D eigenvalue weighted by atomic mass is 9.96. The van der Waals surface area contributed by atoms with Gasteiger partial charge in [0.05, 0.1) is 7.11 Å². The van der Waals surface area contributed by atoms with Crippen LogP contribution in [0.4, 0.5) is 0 Å². The molecule has 1 fully saturated rings. The van der Waals surface area contributed by atoms with Crippen molar-refractivity contribution in [2.24, 2.45) is 0 Å². The number of aromatic nitrogens is 2. The van der Waals surface area contributed by atoms with Crippen LogP contribution in [-0.4, -0.2) is 66.1 Å². The molecular formula is C22H28N4O3. The van der Waals surface area contributed by atoms with Crippen LogP contribution in [0.1, 0.15) is 35.8 Å². The Hall–Kier alpha value is -2.67. The average molecular weight is 396 g/mol. The molecule has 1 aromatic heterocycles. The van der Waals surface area contributed by atoms with Gasteiger partial charge < -0.3 is 19.3 Å². The Morgan fingerprint density at radius 3 is 2.79 bits per heavy atom. The van der Waals surface area contributed by atoms with Gasteiger partial charge in [0.2, 0.25) is 0 Å². The second-order valence-corrected chi connectivity index (χ2v) is 7.83. The highest BCUT2D eigenvalue weighted by Gasteiger charge is 2.27. The maximum atomic E-state index is 12.7. The molecule has 7 nitrogen and oxygen atoms in total. The minimum absolute atomic E-state index is 0.00472. The van der Waals surface area contributed by atoms with Gasteiger partial charge in [0.25, 0.3) is 5.91 Å². The van der Waals surface area contributed by atoms with E-state index < -0.39 is 0 Å². The topological polar surface area (TPSA) is 67.8 Å². The Morgan fingerprint density at radius 2 is 2.00 bits per heavy atom. The van der Waals surface area contributed by atoms with Gasteiger partial charge in [-0.1, -0.05) is 0 Å². The lowest BCUT2D eigenvalue weighted by Gasteiger charge is -2.32. The minimum Gasteiger partial charge on any atom is -0.497 e. The van der Waals surface area contributed by atoms with Crippen molar-refractivity contribution in [1.82, 2.24) is 19.8 Å². The zero-order valence-electron chi connectivity index (χ0n) is 17.1. The SMILES string of the molecule is COc1ccc(OCC(=O)N2CCCC(c3ncc4c(n3)CCN(C)C4)C2)cc1. The van der Waals surface area contributed by atoms with E-state index in [0.717, 1.165) is 50.5 Å². The molecule has 3 heterocycles. The van der Waals surface area contributed by atoms with Crippen molar-refractivity contribution >= 4 is 5.91 Å². The molecule has 0 saturated carbocycles. The number of hydrogen-bond acceptors (Lipinski definition) is 6. The summed E-state index contributed by atoms with van der Waals surface area (Å²) in [6.07, 6.45) is 4.91. The summed E-state index contributed by atoms with van der Waals surface area (Å²) in [5, 5.41) is 0. The summed E-state index contributed by atoms with van der Waals surface area (Å²) in [5.74, 6) is 2.50. The van der Waals surface area contributed by atoms with E-state index in [4.69, 9.17) is 14.5 Å². The molecule has 0 radical (unpaired) electrons. The summed E-state index contributed by atoms with van der Waals surface area (Å²) in [6, 6.07) is 7.26. The largest absolute Gasteiger partial charge is 0.497 e. The van der Waals surface area contributed by atoms with Gasteiger partial charge >= 0.3 is 0 Å². The number of likely N-dealkylation sites (tertiary alicyclic amines) is 1. The predicted octanol–water partition coefficient (Wildman–Crippen LogP) is 2.26. The summed E-state index contributed by atoms with van der Waals surface area (Å²) < 4.78 is 10.8. The standard InChI is InChI=1S/C22H28N4O3/c1-25-11-9-20-17(13-25)12-23-22(24-20)16-4-3-10-26(14-16)21(27)15-29-19-7-5-18(28-2)6-8-19/h5-8,12,16H,3-4,9-11,13-15H2,1-2H3. The zero-order valence-corrected chi connectivity index (χ0v) is 17.1. The average Bonchev–Trinajstić information content (AvgIpc) is 2.77. The van der Waals surface area contributed by atoms with Gasteiger partial charge in [-0.2, -0.15) is 0 Å². The van der Waals surface area contributed by atoms with Crippen molar-refractivity contribution in [3.8, 4) is 11.5 Å². The fourth-order valence-corrected chi connectivity index (χ4v) is 3.99. The molecule has 0 aliphatic carbocycles. The molecule has 29 heavy (non-hydrogen) atoms. The number of benzene rings is 1. The maximum absolute atomic E-state index is 12.7. The van der Waals surface area contributed by atoms with E-state index in [0.29, 0.717) is 12.3 Å². The lowest BCUT2D eigenvalue weighted by molar-refractivity contribution is -0.134. The fraction of sp³-hybridized carbons (Fsp3) is 0.500. The number of carbonyl (C=O) groups is 1. The van der Waals surface area contributed by atoms with Crippen LogP contribution >= 0.6 is 0 Å². The van der Waals surface area contributed by atoms with Crippen molar-refractivity contribution in [1.29, 1.82) is 0 Å². The Labute approximate surface area is 171 Å². The van der Waals surface area contributed by atoms with E-state index in [9.17, 15) is 4.79 Å². The number of piperidine rings is 1. The van der Waals surface area contributed by atoms with Gasteiger partial charge in [-0.25, -0.2) is 9.97 Å². The first-order chi connectivity index (χ1) is 14.1. The Balaban J connectivity index is 1.35. The normalized spacial score (nSPS) is 19.5. The van der Waals surface area contributed by atoms with Crippen molar-refractivity contribution in [3.63, 3.8) is 0 Å². The van der Waals surface area contributed by atoms with Gasteiger partial charge in [0.15, 0.2) is 6.61 Å². The van der Waals surface area contributed by atoms with Crippen LogP contribution in [0.5, 0.6) is 11.5 Å². The second-order valence-electron chi connectivity index (χ2n) is 7.83. The first-order valence-corrected chi connectivity index (χ1v) is 10.2. The third-order valence-corrected chi connectivity index (χ3v) is 5.70. The number of ether oxygens (including phenoxy) is 2. The van der Waals surface area contributed by atoms with Crippen LogP contribution in [0, 0.1) is 0 Å². The number of methoxy groups -OCH3 is 1. The summed E-state index contributed by atoms with van der Waals surface area (Å²) in [7, 11) is 3.74. The number of carbonyl (C=O) groups excluding carboxylic acids is 1. The quantitative estimate of drug-likeness (QED) is 0.772. The van der Waals surface area contributed by atoms with Crippen LogP contribution in [0.2, 0.25) is 0 Å². The molecule has 154 valence electrons. The van der Waals surface area contributed by atoms with Crippen molar-refractivity contribution in [2.45, 2.75) is 31.7 Å². The van der Waals surface area contributed by atoms with Gasteiger partial charge in [-0.05, 0) is 44.2 Å². The number of fused-ring (bicyclic) bond motifs is 1. The Morgan fingerprint density at radius 1 is 1.21 bits per heavy atom. The molecule has 1 aromatic carbocycles. The molecule has 7 heteroatoms. The zero-order chi connectivity index (χ0) is 20.2. The van der Waals surface area contributed by atoms with Gasteiger partial charge in [-0.15, -0.1) is 0 Å². The molecule has 2 aromatic rings. The van der Waals surface area contributed by atoms with E-state index in [-0.39, 0.29) is 18.4 Å². The van der Waals surface area contributed by atoms with E-state index in [1.165, 1.54) is 11.3 Å². The van der Waals surface area contributed by atoms with Crippen LogP contribution in [0.3, 0.4) is 0 Å². The number of nitrogens with zero attached hydrogens (tertiary/aromatic N) is 4. The number of hydrogen-bond donors (Lipinski definition) is 0. The van der Waals surface area contributed by atoms with Gasteiger partial charge in [0.1, 0.15) is 17.3 Å². The van der Waals surface area contributed by atoms with Crippen molar-refractivity contribution in [2.75, 3.05) is 40.4 Å². The van der Waals surface area contributed by atoms with Crippen molar-refractivity contribution in [3.05, 3.63) is 47.5 Å². The lowest BCUT2D eigenvalue weighted by Crippen LogP contribution is -2.42. The molecule has 2 aliphatic rings. The number of amides is 1. The van der Waals surface area contributed by atoms with E-state index in [1.807, 2.05) is 35.4 Å². The van der Waals surface area contributed by atoms with Crippen LogP contribution in [0.25, 0.3) is 0 Å².